The molecule has 2 aromatic carbocycles. The third-order valence-electron chi connectivity index (χ3n) is 3.38. The van der Waals surface area contributed by atoms with Crippen molar-refractivity contribution in [2.75, 3.05) is 0 Å². The Morgan fingerprint density at radius 1 is 0.944 bits per heavy atom. The highest BCUT2D eigenvalue weighted by Crippen LogP contribution is 2.51. The standard InChI is InChI=1S/C15H12F2O/c1-10-15(18-10,11-4-2-6-13(16)8-11)12-5-3-7-14(17)9-12/h2-10H,1H3. The van der Waals surface area contributed by atoms with Crippen LogP contribution >= 0.6 is 0 Å². The van der Waals surface area contributed by atoms with Crippen molar-refractivity contribution >= 4 is 0 Å². The minimum Gasteiger partial charge on any atom is -0.356 e. The molecule has 0 aromatic heterocycles. The Morgan fingerprint density at radius 3 is 1.72 bits per heavy atom. The van der Waals surface area contributed by atoms with E-state index in [1.807, 2.05) is 6.92 Å². The summed E-state index contributed by atoms with van der Waals surface area (Å²) in [6, 6.07) is 12.5. The van der Waals surface area contributed by atoms with Gasteiger partial charge < -0.3 is 4.74 Å². The third-order valence-corrected chi connectivity index (χ3v) is 3.38. The van der Waals surface area contributed by atoms with Crippen LogP contribution in [0.25, 0.3) is 0 Å². The van der Waals surface area contributed by atoms with Crippen LogP contribution in [0.3, 0.4) is 0 Å². The van der Waals surface area contributed by atoms with Gasteiger partial charge in [-0.15, -0.1) is 0 Å². The van der Waals surface area contributed by atoms with Crippen molar-refractivity contribution in [2.24, 2.45) is 0 Å². The highest BCUT2D eigenvalue weighted by Gasteiger charge is 2.56. The minimum atomic E-state index is -0.704. The zero-order valence-electron chi connectivity index (χ0n) is 9.86. The van der Waals surface area contributed by atoms with E-state index in [0.29, 0.717) is 0 Å². The van der Waals surface area contributed by atoms with Crippen molar-refractivity contribution in [2.45, 2.75) is 18.6 Å². The molecule has 1 aliphatic heterocycles. The Hall–Kier alpha value is -1.74. The van der Waals surface area contributed by atoms with Crippen molar-refractivity contribution in [1.82, 2.24) is 0 Å². The molecule has 1 nitrogen and oxygen atoms in total. The zero-order valence-corrected chi connectivity index (χ0v) is 9.86. The van der Waals surface area contributed by atoms with Gasteiger partial charge in [-0.1, -0.05) is 24.3 Å². The number of benzene rings is 2. The van der Waals surface area contributed by atoms with E-state index < -0.39 is 5.60 Å². The first-order valence-corrected chi connectivity index (χ1v) is 5.83. The van der Waals surface area contributed by atoms with Gasteiger partial charge in [-0.3, -0.25) is 0 Å². The lowest BCUT2D eigenvalue weighted by Gasteiger charge is -2.14. The molecule has 18 heavy (non-hydrogen) atoms. The molecule has 92 valence electrons. The van der Waals surface area contributed by atoms with Gasteiger partial charge in [-0.05, 0) is 42.3 Å². The Morgan fingerprint density at radius 2 is 1.39 bits per heavy atom. The Kier molecular flexibility index (Phi) is 2.45. The maximum atomic E-state index is 13.3. The van der Waals surface area contributed by atoms with Crippen LogP contribution in [-0.2, 0) is 10.3 Å². The summed E-state index contributed by atoms with van der Waals surface area (Å²) in [5.74, 6) is -0.628. The summed E-state index contributed by atoms with van der Waals surface area (Å²) in [5.41, 5.74) is 0.741. The first kappa shape index (κ1) is 11.4. The molecule has 1 aliphatic rings. The summed E-state index contributed by atoms with van der Waals surface area (Å²) in [7, 11) is 0. The number of ether oxygens (including phenoxy) is 1. The molecule has 0 saturated carbocycles. The second-order valence-corrected chi connectivity index (χ2v) is 4.52. The van der Waals surface area contributed by atoms with Gasteiger partial charge in [0.25, 0.3) is 0 Å². The fourth-order valence-corrected chi connectivity index (χ4v) is 2.46. The monoisotopic (exact) mass is 246 g/mol. The topological polar surface area (TPSA) is 12.5 Å². The highest BCUT2D eigenvalue weighted by atomic mass is 19.1. The number of epoxide rings is 1. The molecular weight excluding hydrogens is 234 g/mol. The second-order valence-electron chi connectivity index (χ2n) is 4.52. The zero-order chi connectivity index (χ0) is 12.8. The molecule has 0 amide bonds. The predicted octanol–water partition coefficient (Wildman–Crippen LogP) is 3.63. The van der Waals surface area contributed by atoms with Crippen LogP contribution in [0, 0.1) is 11.6 Å². The molecule has 0 N–H and O–H groups in total. The average molecular weight is 246 g/mol. The molecular formula is C15H12F2O. The van der Waals surface area contributed by atoms with Crippen LogP contribution in [-0.4, -0.2) is 6.10 Å². The van der Waals surface area contributed by atoms with E-state index in [9.17, 15) is 8.78 Å². The molecule has 1 heterocycles. The molecule has 3 heteroatoms. The fraction of sp³-hybridized carbons (Fsp3) is 0.200. The van der Waals surface area contributed by atoms with E-state index in [1.165, 1.54) is 24.3 Å². The first-order valence-electron chi connectivity index (χ1n) is 5.83. The van der Waals surface area contributed by atoms with Crippen LogP contribution in [0.1, 0.15) is 18.1 Å². The Labute approximate surface area is 104 Å². The predicted molar refractivity (Wildman–Crippen MR) is 64.1 cm³/mol. The average Bonchev–Trinajstić information content (AvgIpc) is 3.02. The van der Waals surface area contributed by atoms with Gasteiger partial charge in [0.15, 0.2) is 0 Å². The van der Waals surface area contributed by atoms with Gasteiger partial charge in [-0.2, -0.15) is 0 Å². The summed E-state index contributed by atoms with van der Waals surface area (Å²) >= 11 is 0. The summed E-state index contributed by atoms with van der Waals surface area (Å²) in [4.78, 5) is 0. The van der Waals surface area contributed by atoms with Gasteiger partial charge in [-0.25, -0.2) is 8.78 Å². The lowest BCUT2D eigenvalue weighted by Crippen LogP contribution is -2.14. The SMILES string of the molecule is CC1OC1(c1cccc(F)c1)c1cccc(F)c1. The van der Waals surface area contributed by atoms with E-state index in [1.54, 1.807) is 24.3 Å². The fourth-order valence-electron chi connectivity index (χ4n) is 2.46. The summed E-state index contributed by atoms with van der Waals surface area (Å²) in [6.07, 6.45) is -0.0823. The molecule has 1 unspecified atom stereocenters. The van der Waals surface area contributed by atoms with Gasteiger partial charge in [0, 0.05) is 0 Å². The van der Waals surface area contributed by atoms with Crippen molar-refractivity contribution in [3.05, 3.63) is 71.3 Å². The van der Waals surface area contributed by atoms with Crippen LogP contribution in [0.5, 0.6) is 0 Å². The number of rotatable bonds is 2. The van der Waals surface area contributed by atoms with E-state index in [2.05, 4.69) is 0 Å². The van der Waals surface area contributed by atoms with Crippen molar-refractivity contribution in [3.63, 3.8) is 0 Å². The van der Waals surface area contributed by atoms with E-state index in [0.717, 1.165) is 11.1 Å². The quantitative estimate of drug-likeness (QED) is 0.737. The molecule has 0 spiro atoms. The lowest BCUT2D eigenvalue weighted by atomic mass is 9.88. The van der Waals surface area contributed by atoms with Crippen molar-refractivity contribution in [1.29, 1.82) is 0 Å². The van der Waals surface area contributed by atoms with Crippen LogP contribution in [0.15, 0.2) is 48.5 Å². The van der Waals surface area contributed by atoms with E-state index >= 15 is 0 Å². The normalized spacial score (nSPS) is 20.7. The van der Waals surface area contributed by atoms with Gasteiger partial charge in [0.2, 0.25) is 0 Å². The summed E-state index contributed by atoms with van der Waals surface area (Å²) in [5, 5.41) is 0. The molecule has 0 bridgehead atoms. The Balaban J connectivity index is 2.12. The van der Waals surface area contributed by atoms with Gasteiger partial charge >= 0.3 is 0 Å². The second kappa shape index (κ2) is 3.89. The number of halogens is 2. The largest absolute Gasteiger partial charge is 0.356 e. The number of hydrogen-bond donors (Lipinski definition) is 0. The molecule has 1 atom stereocenters. The van der Waals surface area contributed by atoms with Crippen LogP contribution in [0.4, 0.5) is 8.78 Å². The third kappa shape index (κ3) is 1.63. The molecule has 0 aliphatic carbocycles. The molecule has 1 saturated heterocycles. The van der Waals surface area contributed by atoms with Crippen molar-refractivity contribution < 1.29 is 13.5 Å². The molecule has 2 aromatic rings. The van der Waals surface area contributed by atoms with Crippen LogP contribution in [0.2, 0.25) is 0 Å². The van der Waals surface area contributed by atoms with Gasteiger partial charge in [0.05, 0.1) is 6.10 Å². The highest BCUT2D eigenvalue weighted by molar-refractivity contribution is 5.43. The summed E-state index contributed by atoms with van der Waals surface area (Å²) in [6.45, 7) is 1.90. The molecule has 0 radical (unpaired) electrons. The smallest absolute Gasteiger partial charge is 0.145 e. The number of hydrogen-bond acceptors (Lipinski definition) is 1. The summed E-state index contributed by atoms with van der Waals surface area (Å²) < 4.78 is 32.3. The lowest BCUT2D eigenvalue weighted by molar-refractivity contribution is 0.331. The van der Waals surface area contributed by atoms with E-state index in [-0.39, 0.29) is 17.7 Å². The maximum Gasteiger partial charge on any atom is 0.145 e. The molecule has 3 rings (SSSR count). The van der Waals surface area contributed by atoms with Crippen molar-refractivity contribution in [3.8, 4) is 0 Å². The molecule has 1 fully saturated rings. The van der Waals surface area contributed by atoms with Crippen LogP contribution < -0.4 is 0 Å². The first-order chi connectivity index (χ1) is 8.63. The minimum absolute atomic E-state index is 0.0823. The Bertz CT molecular complexity index is 549. The van der Waals surface area contributed by atoms with Gasteiger partial charge in [0.1, 0.15) is 17.2 Å². The maximum absolute atomic E-state index is 13.3. The van der Waals surface area contributed by atoms with E-state index in [4.69, 9.17) is 4.74 Å².